The highest BCUT2D eigenvalue weighted by atomic mass is 14.3. The molecule has 0 saturated carbocycles. The molecule has 9 atom stereocenters. The third kappa shape index (κ3) is 5.72. The van der Waals surface area contributed by atoms with Crippen LogP contribution >= 0.6 is 0 Å². The summed E-state index contributed by atoms with van der Waals surface area (Å²) in [4.78, 5) is 0. The molecule has 8 radical (unpaired) electrons. The Morgan fingerprint density at radius 2 is 1.00 bits per heavy atom. The van der Waals surface area contributed by atoms with E-state index >= 15 is 0 Å². The van der Waals surface area contributed by atoms with Gasteiger partial charge in [0, 0.05) is 0 Å². The standard InChI is InChI=1S/C18H34B4/c1-8-10(3)11(4)12(5)13(6)16(20)18(22)17(21)14(7)15(19)9-2/h10-18H,8-9H2,1-7H3. The monoisotopic (exact) mass is 294 g/mol. The van der Waals surface area contributed by atoms with E-state index in [9.17, 15) is 0 Å². The Morgan fingerprint density at radius 3 is 1.41 bits per heavy atom. The van der Waals surface area contributed by atoms with Crippen LogP contribution in [0.15, 0.2) is 0 Å². The van der Waals surface area contributed by atoms with E-state index in [-0.39, 0.29) is 29.2 Å². The normalized spacial score (nSPS) is 24.5. The largest absolute Gasteiger partial charge is 0.0866 e. The highest BCUT2D eigenvalue weighted by molar-refractivity contribution is 6.27. The quantitative estimate of drug-likeness (QED) is 0.507. The molecule has 0 fully saturated rings. The lowest BCUT2D eigenvalue weighted by atomic mass is 9.47. The van der Waals surface area contributed by atoms with Gasteiger partial charge >= 0.3 is 0 Å². The zero-order valence-corrected chi connectivity index (χ0v) is 15.9. The van der Waals surface area contributed by atoms with E-state index in [2.05, 4.69) is 48.5 Å². The van der Waals surface area contributed by atoms with Gasteiger partial charge in [0.1, 0.15) is 0 Å². The molecule has 9 unspecified atom stereocenters. The van der Waals surface area contributed by atoms with Crippen LogP contribution in [-0.2, 0) is 0 Å². The topological polar surface area (TPSA) is 0 Å². The summed E-state index contributed by atoms with van der Waals surface area (Å²) in [5.41, 5.74) is 0. The Balaban J connectivity index is 4.82. The molecule has 0 aliphatic rings. The molecule has 0 aliphatic carbocycles. The Labute approximate surface area is 146 Å². The van der Waals surface area contributed by atoms with Crippen molar-refractivity contribution in [2.45, 2.75) is 84.6 Å². The average molecular weight is 294 g/mol. The van der Waals surface area contributed by atoms with Crippen LogP contribution in [0.3, 0.4) is 0 Å². The van der Waals surface area contributed by atoms with E-state index < -0.39 is 0 Å². The van der Waals surface area contributed by atoms with Crippen molar-refractivity contribution < 1.29 is 0 Å². The van der Waals surface area contributed by atoms with Crippen molar-refractivity contribution in [2.75, 3.05) is 0 Å². The van der Waals surface area contributed by atoms with Crippen molar-refractivity contribution in [3.05, 3.63) is 0 Å². The molecule has 0 aromatic rings. The second-order valence-electron chi connectivity index (χ2n) is 7.63. The van der Waals surface area contributed by atoms with Crippen LogP contribution in [0.5, 0.6) is 0 Å². The Kier molecular flexibility index (Phi) is 10.3. The van der Waals surface area contributed by atoms with E-state index in [1.807, 2.05) is 0 Å². The molecule has 0 amide bonds. The van der Waals surface area contributed by atoms with Gasteiger partial charge in [0.2, 0.25) is 0 Å². The van der Waals surface area contributed by atoms with Crippen LogP contribution < -0.4 is 0 Å². The van der Waals surface area contributed by atoms with Crippen LogP contribution in [0.2, 0.25) is 23.3 Å². The van der Waals surface area contributed by atoms with Crippen molar-refractivity contribution in [3.63, 3.8) is 0 Å². The summed E-state index contributed by atoms with van der Waals surface area (Å²) >= 11 is 0. The maximum atomic E-state index is 6.48. The highest BCUT2D eigenvalue weighted by Gasteiger charge is 2.32. The summed E-state index contributed by atoms with van der Waals surface area (Å²) < 4.78 is 0. The molecule has 0 saturated heterocycles. The van der Waals surface area contributed by atoms with Crippen molar-refractivity contribution in [3.8, 4) is 0 Å². The molecule has 0 heterocycles. The van der Waals surface area contributed by atoms with Gasteiger partial charge in [0.25, 0.3) is 0 Å². The van der Waals surface area contributed by atoms with E-state index in [0.29, 0.717) is 23.7 Å². The van der Waals surface area contributed by atoms with Crippen LogP contribution in [0, 0.1) is 29.6 Å². The lowest BCUT2D eigenvalue weighted by molar-refractivity contribution is 0.197. The average Bonchev–Trinajstić information content (AvgIpc) is 2.55. The van der Waals surface area contributed by atoms with Gasteiger partial charge in [-0.1, -0.05) is 90.5 Å². The van der Waals surface area contributed by atoms with E-state index in [0.717, 1.165) is 6.42 Å². The zero-order chi connectivity index (χ0) is 17.6. The number of rotatable bonds is 10. The molecule has 0 N–H and O–H groups in total. The SMILES string of the molecule is [B]C(CC)C(C)C([B])C([B])C([B])C(C)C(C)C(C)C(C)CC. The minimum atomic E-state index is -0.214. The van der Waals surface area contributed by atoms with Crippen LogP contribution in [0.4, 0.5) is 0 Å². The summed E-state index contributed by atoms with van der Waals surface area (Å²) in [6, 6.07) is 0. The van der Waals surface area contributed by atoms with Crippen molar-refractivity contribution in [2.24, 2.45) is 29.6 Å². The van der Waals surface area contributed by atoms with Crippen LogP contribution in [0.1, 0.15) is 61.3 Å². The minimum Gasteiger partial charge on any atom is -0.0866 e. The van der Waals surface area contributed by atoms with Gasteiger partial charge < -0.3 is 0 Å². The molecule has 0 rings (SSSR count). The van der Waals surface area contributed by atoms with Gasteiger partial charge in [0.05, 0.1) is 31.4 Å². The molecule has 0 bridgehead atoms. The van der Waals surface area contributed by atoms with Gasteiger partial charge in [-0.2, -0.15) is 0 Å². The molecular weight excluding hydrogens is 259 g/mol. The van der Waals surface area contributed by atoms with E-state index in [1.165, 1.54) is 6.42 Å². The fourth-order valence-electron chi connectivity index (χ4n) is 3.33. The molecule has 0 aromatic heterocycles. The zero-order valence-electron chi connectivity index (χ0n) is 15.9. The molecular formula is C18H34B4. The molecule has 0 aromatic carbocycles. The lowest BCUT2D eigenvalue weighted by Crippen LogP contribution is -2.29. The fraction of sp³-hybridized carbons (Fsp3) is 1.00. The van der Waals surface area contributed by atoms with Crippen LogP contribution in [-0.4, -0.2) is 31.4 Å². The first kappa shape index (κ1) is 22.3. The second kappa shape index (κ2) is 10.2. The highest BCUT2D eigenvalue weighted by Crippen LogP contribution is 2.46. The predicted octanol–water partition coefficient (Wildman–Crippen LogP) is 4.81. The van der Waals surface area contributed by atoms with Gasteiger partial charge in [0.15, 0.2) is 0 Å². The van der Waals surface area contributed by atoms with E-state index in [1.54, 1.807) is 0 Å². The summed E-state index contributed by atoms with van der Waals surface area (Å²) in [6.07, 6.45) is 2.11. The maximum absolute atomic E-state index is 6.48. The number of hydrogen-bond donors (Lipinski definition) is 0. The molecule has 0 spiro atoms. The summed E-state index contributed by atoms with van der Waals surface area (Å²) in [7, 11) is 25.3. The van der Waals surface area contributed by atoms with Gasteiger partial charge in [-0.15, -0.1) is 0 Å². The summed E-state index contributed by atoms with van der Waals surface area (Å²) in [5, 5.41) is 0. The first-order chi connectivity index (χ1) is 10.1. The molecule has 4 heteroatoms. The summed E-state index contributed by atoms with van der Waals surface area (Å²) in [6.45, 7) is 15.6. The Hall–Kier alpha value is 0.260. The smallest absolute Gasteiger partial charge is 0.0702 e. The number of hydrogen-bond acceptors (Lipinski definition) is 0. The van der Waals surface area contributed by atoms with E-state index in [4.69, 9.17) is 31.4 Å². The maximum Gasteiger partial charge on any atom is 0.0702 e. The van der Waals surface area contributed by atoms with Crippen molar-refractivity contribution in [1.29, 1.82) is 0 Å². The first-order valence-electron chi connectivity index (χ1n) is 9.12. The van der Waals surface area contributed by atoms with Gasteiger partial charge in [-0.25, -0.2) is 0 Å². The summed E-state index contributed by atoms with van der Waals surface area (Å²) in [5.74, 6) is 2.00. The molecule has 22 heavy (non-hydrogen) atoms. The van der Waals surface area contributed by atoms with Crippen molar-refractivity contribution in [1.82, 2.24) is 0 Å². The molecule has 0 aliphatic heterocycles. The fourth-order valence-corrected chi connectivity index (χ4v) is 3.33. The second-order valence-corrected chi connectivity index (χ2v) is 7.63. The third-order valence-electron chi connectivity index (χ3n) is 6.45. The molecule has 118 valence electrons. The van der Waals surface area contributed by atoms with Gasteiger partial charge in [-0.3, -0.25) is 0 Å². The predicted molar refractivity (Wildman–Crippen MR) is 104 cm³/mol. The third-order valence-corrected chi connectivity index (χ3v) is 6.45. The van der Waals surface area contributed by atoms with Crippen LogP contribution in [0.25, 0.3) is 0 Å². The molecule has 0 nitrogen and oxygen atoms in total. The Bertz CT molecular complexity index is 269. The first-order valence-corrected chi connectivity index (χ1v) is 9.12. The minimum absolute atomic E-state index is 0.0833. The lowest BCUT2D eigenvalue weighted by Gasteiger charge is -2.41. The Morgan fingerprint density at radius 1 is 0.545 bits per heavy atom. The van der Waals surface area contributed by atoms with Crippen molar-refractivity contribution >= 4 is 31.4 Å². The van der Waals surface area contributed by atoms with Gasteiger partial charge in [-0.05, 0) is 23.7 Å².